The average molecular weight is 312 g/mol. The van der Waals surface area contributed by atoms with E-state index >= 15 is 0 Å². The van der Waals surface area contributed by atoms with Gasteiger partial charge >= 0.3 is 5.97 Å². The van der Waals surface area contributed by atoms with Crippen LogP contribution in [-0.2, 0) is 23.0 Å². The van der Waals surface area contributed by atoms with Crippen LogP contribution >= 0.6 is 0 Å². The molecule has 3 saturated heterocycles. The molecule has 0 aliphatic carbocycles. The van der Waals surface area contributed by atoms with Gasteiger partial charge in [0, 0.05) is 36.1 Å². The van der Waals surface area contributed by atoms with Crippen LogP contribution in [0.4, 0.5) is 0 Å². The summed E-state index contributed by atoms with van der Waals surface area (Å²) in [6.45, 7) is 3.60. The molecule has 0 spiro atoms. The Kier molecular flexibility index (Phi) is 3.64. The first-order valence-electron chi connectivity index (χ1n) is 8.54. The van der Waals surface area contributed by atoms with Gasteiger partial charge in [0.05, 0.1) is 13.5 Å². The third-order valence-corrected chi connectivity index (χ3v) is 5.82. The van der Waals surface area contributed by atoms with E-state index in [0.717, 1.165) is 12.5 Å². The predicted molar refractivity (Wildman–Crippen MR) is 90.5 cm³/mol. The Balaban J connectivity index is 1.85. The molecule has 4 nitrogen and oxygen atoms in total. The first-order chi connectivity index (χ1) is 11.2. The topological polar surface area (TPSA) is 34.5 Å². The number of methoxy groups -OCH3 is 1. The molecule has 4 heteroatoms. The highest BCUT2D eigenvalue weighted by Gasteiger charge is 2.38. The molecule has 3 aliphatic rings. The summed E-state index contributed by atoms with van der Waals surface area (Å²) in [4.78, 5) is 14.6. The van der Waals surface area contributed by atoms with Gasteiger partial charge in [-0.2, -0.15) is 0 Å². The molecular formula is C19H24N2O2. The molecule has 3 aliphatic heterocycles. The SMILES string of the molecule is COC(=O)Cc1c(C2CN3CCC2CC3)n(C)c2ccccc12. The summed E-state index contributed by atoms with van der Waals surface area (Å²) < 4.78 is 7.28. The number of piperidine rings is 3. The van der Waals surface area contributed by atoms with Crippen LogP contribution in [0.5, 0.6) is 0 Å². The molecule has 5 rings (SSSR count). The Hall–Kier alpha value is -1.81. The summed E-state index contributed by atoms with van der Waals surface area (Å²) in [7, 11) is 3.62. The molecule has 4 heterocycles. The lowest BCUT2D eigenvalue weighted by atomic mass is 9.76. The summed E-state index contributed by atoms with van der Waals surface area (Å²) in [6.07, 6.45) is 2.93. The Morgan fingerprint density at radius 2 is 2.00 bits per heavy atom. The first kappa shape index (κ1) is 14.8. The lowest BCUT2D eigenvalue weighted by Gasteiger charge is -2.45. The number of benzene rings is 1. The number of carbonyl (C=O) groups is 1. The lowest BCUT2D eigenvalue weighted by Crippen LogP contribution is -2.46. The first-order valence-corrected chi connectivity index (χ1v) is 8.54. The summed E-state index contributed by atoms with van der Waals surface area (Å²) in [5.41, 5.74) is 3.75. The van der Waals surface area contributed by atoms with Gasteiger partial charge in [-0.1, -0.05) is 18.2 Å². The number of aryl methyl sites for hydroxylation is 1. The fraction of sp³-hybridized carbons (Fsp3) is 0.526. The summed E-state index contributed by atoms with van der Waals surface area (Å²) in [5.74, 6) is 1.14. The number of fused-ring (bicyclic) bond motifs is 4. The van der Waals surface area contributed by atoms with Crippen LogP contribution in [0.15, 0.2) is 24.3 Å². The Labute approximate surface area is 137 Å². The van der Waals surface area contributed by atoms with Crippen molar-refractivity contribution in [2.75, 3.05) is 26.7 Å². The minimum absolute atomic E-state index is 0.149. The number of rotatable bonds is 3. The molecule has 1 aromatic carbocycles. The standard InChI is InChI=1S/C19H24N2O2/c1-20-17-6-4-3-5-14(17)15(11-18(22)23-2)19(20)16-12-21-9-7-13(16)8-10-21/h3-6,13,16H,7-12H2,1-2H3. The summed E-state index contributed by atoms with van der Waals surface area (Å²) in [5, 5.41) is 1.20. The molecular weight excluding hydrogens is 288 g/mol. The maximum atomic E-state index is 12.0. The van der Waals surface area contributed by atoms with Gasteiger partial charge in [-0.15, -0.1) is 0 Å². The van der Waals surface area contributed by atoms with Gasteiger partial charge in [-0.25, -0.2) is 0 Å². The molecule has 0 N–H and O–H groups in total. The van der Waals surface area contributed by atoms with E-state index in [4.69, 9.17) is 4.74 Å². The van der Waals surface area contributed by atoms with Gasteiger partial charge in [0.2, 0.25) is 0 Å². The van der Waals surface area contributed by atoms with Crippen LogP contribution < -0.4 is 0 Å². The summed E-state index contributed by atoms with van der Waals surface area (Å²) in [6, 6.07) is 8.42. The van der Waals surface area contributed by atoms with Gasteiger partial charge in [0.25, 0.3) is 0 Å². The van der Waals surface area contributed by atoms with Gasteiger partial charge in [-0.3, -0.25) is 4.79 Å². The number of ether oxygens (including phenoxy) is 1. The minimum atomic E-state index is -0.149. The van der Waals surface area contributed by atoms with Crippen LogP contribution in [0.2, 0.25) is 0 Å². The van der Waals surface area contributed by atoms with Crippen LogP contribution in [-0.4, -0.2) is 42.2 Å². The highest BCUT2D eigenvalue weighted by atomic mass is 16.5. The fourth-order valence-corrected chi connectivity index (χ4v) is 4.64. The summed E-state index contributed by atoms with van der Waals surface area (Å²) >= 11 is 0. The van der Waals surface area contributed by atoms with E-state index in [-0.39, 0.29) is 5.97 Å². The molecule has 23 heavy (non-hydrogen) atoms. The Morgan fingerprint density at radius 3 is 2.65 bits per heavy atom. The van der Waals surface area contributed by atoms with Gasteiger partial charge < -0.3 is 14.2 Å². The van der Waals surface area contributed by atoms with Crippen LogP contribution in [0, 0.1) is 5.92 Å². The predicted octanol–water partition coefficient (Wildman–Crippen LogP) is 2.70. The second-order valence-electron chi connectivity index (χ2n) is 6.94. The zero-order chi connectivity index (χ0) is 16.0. The van der Waals surface area contributed by atoms with Crippen molar-refractivity contribution in [2.24, 2.45) is 13.0 Å². The van der Waals surface area contributed by atoms with E-state index < -0.39 is 0 Å². The molecule has 0 amide bonds. The van der Waals surface area contributed by atoms with Crippen molar-refractivity contribution in [3.8, 4) is 0 Å². The maximum absolute atomic E-state index is 12.0. The van der Waals surface area contributed by atoms with Crippen molar-refractivity contribution >= 4 is 16.9 Å². The van der Waals surface area contributed by atoms with E-state index in [2.05, 4.69) is 40.8 Å². The molecule has 0 saturated carbocycles. The number of esters is 1. The maximum Gasteiger partial charge on any atom is 0.310 e. The van der Waals surface area contributed by atoms with Gasteiger partial charge in [-0.05, 0) is 43.5 Å². The smallest absolute Gasteiger partial charge is 0.310 e. The van der Waals surface area contributed by atoms with Gasteiger partial charge in [0.15, 0.2) is 0 Å². The molecule has 2 aromatic rings. The van der Waals surface area contributed by atoms with E-state index in [1.165, 1.54) is 55.2 Å². The zero-order valence-corrected chi connectivity index (χ0v) is 13.9. The monoisotopic (exact) mass is 312 g/mol. The number of carbonyl (C=O) groups excluding carboxylic acids is 1. The second-order valence-corrected chi connectivity index (χ2v) is 6.94. The van der Waals surface area contributed by atoms with Gasteiger partial charge in [0.1, 0.15) is 0 Å². The molecule has 1 atom stereocenters. The van der Waals surface area contributed by atoms with E-state index in [1.807, 2.05) is 0 Å². The van der Waals surface area contributed by atoms with Crippen molar-refractivity contribution in [3.63, 3.8) is 0 Å². The van der Waals surface area contributed by atoms with Crippen molar-refractivity contribution < 1.29 is 9.53 Å². The Morgan fingerprint density at radius 1 is 1.26 bits per heavy atom. The average Bonchev–Trinajstić information content (AvgIpc) is 2.88. The van der Waals surface area contributed by atoms with Crippen molar-refractivity contribution in [2.45, 2.75) is 25.2 Å². The molecule has 1 unspecified atom stereocenters. The van der Waals surface area contributed by atoms with Crippen molar-refractivity contribution in [1.29, 1.82) is 0 Å². The minimum Gasteiger partial charge on any atom is -0.469 e. The highest BCUT2D eigenvalue weighted by molar-refractivity contribution is 5.89. The highest BCUT2D eigenvalue weighted by Crippen LogP contribution is 2.42. The van der Waals surface area contributed by atoms with E-state index in [1.54, 1.807) is 0 Å². The zero-order valence-electron chi connectivity index (χ0n) is 13.9. The Bertz CT molecular complexity index is 741. The molecule has 122 valence electrons. The number of para-hydroxylation sites is 1. The third-order valence-electron chi connectivity index (χ3n) is 5.82. The number of hydrogen-bond acceptors (Lipinski definition) is 3. The number of hydrogen-bond donors (Lipinski definition) is 0. The van der Waals surface area contributed by atoms with Crippen LogP contribution in [0.3, 0.4) is 0 Å². The fourth-order valence-electron chi connectivity index (χ4n) is 4.64. The van der Waals surface area contributed by atoms with Crippen molar-refractivity contribution in [1.82, 2.24) is 9.47 Å². The van der Waals surface area contributed by atoms with E-state index in [9.17, 15) is 4.79 Å². The molecule has 1 aromatic heterocycles. The normalized spacial score (nSPS) is 26.6. The quantitative estimate of drug-likeness (QED) is 0.817. The third kappa shape index (κ3) is 2.36. The molecule has 0 radical (unpaired) electrons. The van der Waals surface area contributed by atoms with Crippen LogP contribution in [0.1, 0.15) is 30.0 Å². The number of aromatic nitrogens is 1. The number of nitrogens with zero attached hydrogens (tertiary/aromatic N) is 2. The lowest BCUT2D eigenvalue weighted by molar-refractivity contribution is -0.139. The van der Waals surface area contributed by atoms with Crippen molar-refractivity contribution in [3.05, 3.63) is 35.5 Å². The molecule has 2 bridgehead atoms. The second kappa shape index (κ2) is 5.68. The van der Waals surface area contributed by atoms with E-state index in [0.29, 0.717) is 12.3 Å². The largest absolute Gasteiger partial charge is 0.469 e. The van der Waals surface area contributed by atoms with Crippen LogP contribution in [0.25, 0.3) is 10.9 Å². The molecule has 3 fully saturated rings.